The summed E-state index contributed by atoms with van der Waals surface area (Å²) in [6.07, 6.45) is -1.53. The van der Waals surface area contributed by atoms with Crippen LogP contribution in [0.5, 0.6) is 0 Å². The number of carbonyl (C=O) groups excluding carboxylic acids is 2. The minimum atomic E-state index is -1.17. The maximum absolute atomic E-state index is 11.6. The number of carbonyl (C=O) groups is 2. The maximum Gasteiger partial charge on any atom is 0.540 e. The van der Waals surface area contributed by atoms with E-state index in [1.807, 2.05) is 6.92 Å². The van der Waals surface area contributed by atoms with Crippen LogP contribution in [-0.2, 0) is 33.8 Å². The summed E-state index contributed by atoms with van der Waals surface area (Å²) in [6.45, 7) is 11.9. The van der Waals surface area contributed by atoms with Crippen LogP contribution in [0, 0.1) is 0 Å². The average Bonchev–Trinajstić information content (AvgIpc) is 2.43. The van der Waals surface area contributed by atoms with Gasteiger partial charge in [0.05, 0.1) is 6.61 Å². The van der Waals surface area contributed by atoms with E-state index in [0.29, 0.717) is 6.42 Å². The lowest BCUT2D eigenvalue weighted by molar-refractivity contribution is -0.342. The number of esters is 1. The van der Waals surface area contributed by atoms with Crippen molar-refractivity contribution in [2.24, 2.45) is 0 Å². The first-order chi connectivity index (χ1) is 9.71. The number of hydrogen-bond donors (Lipinski definition) is 0. The highest BCUT2D eigenvalue weighted by atomic mass is 17.3. The van der Waals surface area contributed by atoms with Gasteiger partial charge in [0.25, 0.3) is 0 Å². The van der Waals surface area contributed by atoms with Gasteiger partial charge in [0.1, 0.15) is 5.60 Å². The van der Waals surface area contributed by atoms with E-state index in [1.54, 1.807) is 20.8 Å². The number of ether oxygens (including phenoxy) is 2. The lowest BCUT2D eigenvalue weighted by atomic mass is 10.1. The Bertz CT molecular complexity index is 363. The molecule has 0 aliphatic carbocycles. The minimum Gasteiger partial charge on any atom is -0.433 e. The van der Waals surface area contributed by atoms with Crippen molar-refractivity contribution in [2.45, 2.75) is 52.9 Å². The van der Waals surface area contributed by atoms with Crippen LogP contribution in [0.2, 0.25) is 0 Å². The van der Waals surface area contributed by atoms with Crippen LogP contribution in [0.1, 0.15) is 41.0 Å². The Morgan fingerprint density at radius 1 is 1.19 bits per heavy atom. The molecule has 8 heteroatoms. The van der Waals surface area contributed by atoms with Gasteiger partial charge in [-0.2, -0.15) is 4.89 Å². The molecule has 0 aromatic rings. The lowest BCUT2D eigenvalue weighted by Gasteiger charge is -2.21. The Morgan fingerprint density at radius 2 is 1.81 bits per heavy atom. The first-order valence-electron chi connectivity index (χ1n) is 6.47. The summed E-state index contributed by atoms with van der Waals surface area (Å²) in [5.74, 6) is -1.27. The van der Waals surface area contributed by atoms with Crippen LogP contribution in [-0.4, -0.2) is 30.6 Å². The summed E-state index contributed by atoms with van der Waals surface area (Å²) < 4.78 is 9.19. The smallest absolute Gasteiger partial charge is 0.433 e. The molecular weight excluding hydrogens is 284 g/mol. The Balaban J connectivity index is 4.06. The lowest BCUT2D eigenvalue weighted by Crippen LogP contribution is -2.26. The molecule has 122 valence electrons. The van der Waals surface area contributed by atoms with Crippen LogP contribution < -0.4 is 0 Å². The zero-order valence-electron chi connectivity index (χ0n) is 13.0. The van der Waals surface area contributed by atoms with E-state index in [0.717, 1.165) is 0 Å². The van der Waals surface area contributed by atoms with Crippen molar-refractivity contribution >= 4 is 12.1 Å². The molecule has 8 nitrogen and oxygen atoms in total. The van der Waals surface area contributed by atoms with Gasteiger partial charge in [-0.05, 0) is 33.8 Å². The molecule has 0 heterocycles. The third-order valence-electron chi connectivity index (χ3n) is 2.23. The fraction of sp³-hybridized carbons (Fsp3) is 0.692. The van der Waals surface area contributed by atoms with Crippen LogP contribution in [0.15, 0.2) is 12.3 Å². The molecule has 0 aliphatic rings. The van der Waals surface area contributed by atoms with Crippen LogP contribution >= 0.6 is 0 Å². The average molecular weight is 306 g/mol. The van der Waals surface area contributed by atoms with E-state index in [4.69, 9.17) is 14.5 Å². The summed E-state index contributed by atoms with van der Waals surface area (Å²) in [6, 6.07) is 0. The number of hydrogen-bond acceptors (Lipinski definition) is 8. The summed E-state index contributed by atoms with van der Waals surface area (Å²) in [5, 5.41) is 0. The SMILES string of the molecule is C=C(OOC(C)(C)CC)C(=O)OC(C)OOC(=O)OCC. The van der Waals surface area contributed by atoms with Crippen molar-refractivity contribution in [3.63, 3.8) is 0 Å². The molecule has 0 rings (SSSR count). The third-order valence-corrected chi connectivity index (χ3v) is 2.23. The van der Waals surface area contributed by atoms with E-state index in [-0.39, 0.29) is 12.4 Å². The molecule has 0 saturated heterocycles. The molecular formula is C13H22O8. The Morgan fingerprint density at radius 3 is 2.33 bits per heavy atom. The van der Waals surface area contributed by atoms with Crippen molar-refractivity contribution in [1.82, 2.24) is 0 Å². The quantitative estimate of drug-likeness (QED) is 0.160. The molecule has 0 spiro atoms. The second-order valence-corrected chi connectivity index (χ2v) is 4.54. The van der Waals surface area contributed by atoms with Gasteiger partial charge in [0, 0.05) is 6.92 Å². The predicted molar refractivity (Wildman–Crippen MR) is 70.4 cm³/mol. The van der Waals surface area contributed by atoms with Gasteiger partial charge < -0.3 is 14.4 Å². The predicted octanol–water partition coefficient (Wildman–Crippen LogP) is 2.63. The van der Waals surface area contributed by atoms with E-state index in [2.05, 4.69) is 21.1 Å². The van der Waals surface area contributed by atoms with Crippen molar-refractivity contribution in [3.8, 4) is 0 Å². The molecule has 0 aromatic carbocycles. The van der Waals surface area contributed by atoms with Gasteiger partial charge in [0.15, 0.2) is 0 Å². The van der Waals surface area contributed by atoms with E-state index < -0.39 is 24.0 Å². The zero-order chi connectivity index (χ0) is 16.5. The topological polar surface area (TPSA) is 89.5 Å². The van der Waals surface area contributed by atoms with Gasteiger partial charge in [-0.1, -0.05) is 6.92 Å². The first-order valence-corrected chi connectivity index (χ1v) is 6.47. The van der Waals surface area contributed by atoms with E-state index >= 15 is 0 Å². The summed E-state index contributed by atoms with van der Waals surface area (Å²) in [5.41, 5.74) is -0.571. The highest BCUT2D eigenvalue weighted by Gasteiger charge is 2.22. The van der Waals surface area contributed by atoms with Gasteiger partial charge in [-0.3, -0.25) is 4.89 Å². The van der Waals surface area contributed by atoms with Gasteiger partial charge in [-0.25, -0.2) is 9.59 Å². The van der Waals surface area contributed by atoms with Crippen molar-refractivity contribution in [2.75, 3.05) is 6.61 Å². The second-order valence-electron chi connectivity index (χ2n) is 4.54. The normalized spacial score (nSPS) is 12.2. The van der Waals surface area contributed by atoms with Crippen LogP contribution in [0.3, 0.4) is 0 Å². The molecule has 0 N–H and O–H groups in total. The van der Waals surface area contributed by atoms with E-state index in [1.165, 1.54) is 6.92 Å². The fourth-order valence-electron chi connectivity index (χ4n) is 0.741. The molecule has 0 saturated carbocycles. The van der Waals surface area contributed by atoms with Crippen LogP contribution in [0.25, 0.3) is 0 Å². The van der Waals surface area contributed by atoms with Gasteiger partial charge >= 0.3 is 12.1 Å². The van der Waals surface area contributed by atoms with Gasteiger partial charge in [-0.15, -0.1) is 4.89 Å². The highest BCUT2D eigenvalue weighted by molar-refractivity contribution is 5.85. The largest absolute Gasteiger partial charge is 0.540 e. The Hall–Kier alpha value is -1.80. The first kappa shape index (κ1) is 19.2. The molecule has 1 atom stereocenters. The van der Waals surface area contributed by atoms with Crippen molar-refractivity contribution < 1.29 is 38.6 Å². The molecule has 0 aliphatic heterocycles. The molecule has 21 heavy (non-hydrogen) atoms. The van der Waals surface area contributed by atoms with Gasteiger partial charge in [0.2, 0.25) is 12.0 Å². The number of rotatable bonds is 9. The Kier molecular flexibility index (Phi) is 8.41. The molecule has 1 unspecified atom stereocenters. The fourth-order valence-corrected chi connectivity index (χ4v) is 0.741. The summed E-state index contributed by atoms with van der Waals surface area (Å²) in [4.78, 5) is 40.9. The maximum atomic E-state index is 11.6. The molecule has 0 aromatic heterocycles. The second kappa shape index (κ2) is 9.19. The third kappa shape index (κ3) is 8.87. The van der Waals surface area contributed by atoms with Crippen molar-refractivity contribution in [3.05, 3.63) is 12.3 Å². The standard InChI is InChI=1S/C13H22O8/c1-7-13(5,6)21-18-9(3)11(14)17-10(4)19-20-12(15)16-8-2/h10H,3,7-8H2,1-2,4-6H3. The minimum absolute atomic E-state index is 0.131. The molecule has 0 bridgehead atoms. The monoisotopic (exact) mass is 306 g/mol. The summed E-state index contributed by atoms with van der Waals surface area (Å²) >= 11 is 0. The van der Waals surface area contributed by atoms with E-state index in [9.17, 15) is 9.59 Å². The van der Waals surface area contributed by atoms with Crippen molar-refractivity contribution in [1.29, 1.82) is 0 Å². The summed E-state index contributed by atoms with van der Waals surface area (Å²) in [7, 11) is 0. The highest BCUT2D eigenvalue weighted by Crippen LogP contribution is 2.16. The molecule has 0 amide bonds. The zero-order valence-corrected chi connectivity index (χ0v) is 13.0. The molecule has 0 radical (unpaired) electrons. The van der Waals surface area contributed by atoms with Crippen LogP contribution in [0.4, 0.5) is 4.79 Å². The molecule has 0 fully saturated rings. The Labute approximate surface area is 123 Å².